The molecule has 28 heavy (non-hydrogen) atoms. The van der Waals surface area contributed by atoms with Gasteiger partial charge in [-0.15, -0.1) is 5.10 Å². The summed E-state index contributed by atoms with van der Waals surface area (Å²) in [6, 6.07) is 9.19. The molecule has 2 N–H and O–H groups in total. The topological polar surface area (TPSA) is 112 Å². The number of aromatic amines is 1. The Morgan fingerprint density at radius 3 is 2.39 bits per heavy atom. The first kappa shape index (κ1) is 19.8. The fourth-order valence-electron chi connectivity index (χ4n) is 3.95. The molecular weight excluding hydrogens is 362 g/mol. The average molecular weight is 387 g/mol. The van der Waals surface area contributed by atoms with Gasteiger partial charge in [-0.05, 0) is 30.4 Å². The third-order valence-electron chi connectivity index (χ3n) is 5.34. The van der Waals surface area contributed by atoms with Gasteiger partial charge in [-0.2, -0.15) is 0 Å². The highest BCUT2D eigenvalue weighted by Crippen LogP contribution is 2.26. The van der Waals surface area contributed by atoms with E-state index in [0.29, 0.717) is 19.1 Å². The third-order valence-corrected chi connectivity index (χ3v) is 5.34. The van der Waals surface area contributed by atoms with Crippen molar-refractivity contribution >= 4 is 12.4 Å². The van der Waals surface area contributed by atoms with Crippen LogP contribution in [0.2, 0.25) is 0 Å². The molecule has 0 bridgehead atoms. The summed E-state index contributed by atoms with van der Waals surface area (Å²) in [6.45, 7) is 2.99. The van der Waals surface area contributed by atoms with E-state index in [0.717, 1.165) is 37.0 Å². The number of fused-ring (bicyclic) bond motifs is 1. The van der Waals surface area contributed by atoms with Crippen LogP contribution in [0.3, 0.4) is 0 Å². The van der Waals surface area contributed by atoms with Crippen LogP contribution in [-0.2, 0) is 24.7 Å². The highest BCUT2D eigenvalue weighted by Gasteiger charge is 2.29. The molecule has 0 unspecified atom stereocenters. The first-order chi connectivity index (χ1) is 13.5. The van der Waals surface area contributed by atoms with E-state index in [4.69, 9.17) is 9.90 Å². The first-order valence-corrected chi connectivity index (χ1v) is 9.34. The molecule has 1 saturated heterocycles. The molecule has 9 heteroatoms. The summed E-state index contributed by atoms with van der Waals surface area (Å²) in [5, 5.41) is 10.9. The molecule has 0 saturated carbocycles. The predicted octanol–water partition coefficient (Wildman–Crippen LogP) is 0.125. The minimum atomic E-state index is -0.358. The van der Waals surface area contributed by atoms with Gasteiger partial charge in [0.2, 0.25) is 5.82 Å². The maximum atomic E-state index is 12.6. The van der Waals surface area contributed by atoms with Crippen molar-refractivity contribution in [2.24, 2.45) is 7.05 Å². The summed E-state index contributed by atoms with van der Waals surface area (Å²) < 4.78 is 1.16. The molecule has 1 amide bonds. The number of H-pyrrole nitrogens is 1. The number of rotatable bonds is 2. The Morgan fingerprint density at radius 2 is 1.82 bits per heavy atom. The Balaban J connectivity index is 0.000000706. The number of aryl methyl sites for hydroxylation is 1. The summed E-state index contributed by atoms with van der Waals surface area (Å²) in [4.78, 5) is 39.3. The molecule has 1 aliphatic heterocycles. The van der Waals surface area contributed by atoms with Crippen LogP contribution < -0.4 is 5.69 Å². The zero-order valence-corrected chi connectivity index (χ0v) is 15.9. The monoisotopic (exact) mass is 387 g/mol. The lowest BCUT2D eigenvalue weighted by Crippen LogP contribution is -2.40. The molecule has 2 heterocycles. The number of hydrogen-bond donors (Lipinski definition) is 2. The summed E-state index contributed by atoms with van der Waals surface area (Å²) in [7, 11) is 1.54. The van der Waals surface area contributed by atoms with E-state index in [9.17, 15) is 9.59 Å². The lowest BCUT2D eigenvalue weighted by atomic mass is 10.1. The molecule has 1 fully saturated rings. The Labute approximate surface area is 162 Å². The van der Waals surface area contributed by atoms with E-state index in [2.05, 4.69) is 39.2 Å². The molecule has 0 spiro atoms. The summed E-state index contributed by atoms with van der Waals surface area (Å²) >= 11 is 0. The standard InChI is InChI=1S/C18H23N5O2.CH2O2/c1-21-18(25)19-16(20-21)17(24)23-8-4-7-22(9-10-23)15-11-13-5-2-3-6-14(13)12-15;2-1-3/h2-3,5-6,15H,4,7-12H2,1H3,(H,19,20,25);1H,(H,2,3). The number of carbonyl (C=O) groups excluding carboxylic acids is 1. The van der Waals surface area contributed by atoms with Crippen LogP contribution in [0.15, 0.2) is 29.1 Å². The van der Waals surface area contributed by atoms with E-state index < -0.39 is 0 Å². The van der Waals surface area contributed by atoms with Crippen LogP contribution in [0, 0.1) is 0 Å². The van der Waals surface area contributed by atoms with Gasteiger partial charge in [0.1, 0.15) is 0 Å². The maximum absolute atomic E-state index is 12.6. The lowest BCUT2D eigenvalue weighted by molar-refractivity contribution is -0.122. The van der Waals surface area contributed by atoms with Crippen molar-refractivity contribution in [2.75, 3.05) is 26.2 Å². The van der Waals surface area contributed by atoms with Gasteiger partial charge < -0.3 is 10.0 Å². The second-order valence-corrected chi connectivity index (χ2v) is 7.02. The molecule has 1 aliphatic carbocycles. The second-order valence-electron chi connectivity index (χ2n) is 7.02. The molecule has 1 aromatic heterocycles. The van der Waals surface area contributed by atoms with E-state index in [1.165, 1.54) is 18.2 Å². The van der Waals surface area contributed by atoms with E-state index in [-0.39, 0.29) is 23.9 Å². The van der Waals surface area contributed by atoms with Crippen LogP contribution in [-0.4, -0.2) is 74.3 Å². The minimum absolute atomic E-state index is 0.134. The quantitative estimate of drug-likeness (QED) is 0.709. The van der Waals surface area contributed by atoms with Crippen LogP contribution in [0.5, 0.6) is 0 Å². The molecule has 1 aromatic carbocycles. The number of aromatic nitrogens is 3. The second kappa shape index (κ2) is 8.83. The van der Waals surface area contributed by atoms with Gasteiger partial charge in [-0.1, -0.05) is 24.3 Å². The summed E-state index contributed by atoms with van der Waals surface area (Å²) in [5.41, 5.74) is 2.55. The average Bonchev–Trinajstić information content (AvgIpc) is 3.16. The van der Waals surface area contributed by atoms with Gasteiger partial charge in [0, 0.05) is 39.3 Å². The summed E-state index contributed by atoms with van der Waals surface area (Å²) in [6.07, 6.45) is 3.13. The van der Waals surface area contributed by atoms with E-state index in [1.807, 2.05) is 0 Å². The zero-order valence-electron chi connectivity index (χ0n) is 15.9. The minimum Gasteiger partial charge on any atom is -0.483 e. The number of carboxylic acid groups (broad SMARTS) is 1. The molecule has 9 nitrogen and oxygen atoms in total. The number of nitrogens with one attached hydrogen (secondary N) is 1. The first-order valence-electron chi connectivity index (χ1n) is 9.34. The van der Waals surface area contributed by atoms with Gasteiger partial charge in [-0.3, -0.25) is 19.5 Å². The molecule has 0 atom stereocenters. The van der Waals surface area contributed by atoms with E-state index in [1.54, 1.807) is 4.90 Å². The van der Waals surface area contributed by atoms with Crippen molar-refractivity contribution in [2.45, 2.75) is 25.3 Å². The molecular formula is C19H25N5O4. The van der Waals surface area contributed by atoms with Gasteiger partial charge in [-0.25, -0.2) is 9.48 Å². The summed E-state index contributed by atoms with van der Waals surface area (Å²) in [5.74, 6) is -0.0523. The number of hydrogen-bond acceptors (Lipinski definition) is 5. The van der Waals surface area contributed by atoms with Crippen molar-refractivity contribution in [1.29, 1.82) is 0 Å². The van der Waals surface area contributed by atoms with Crippen LogP contribution in [0.1, 0.15) is 28.2 Å². The highest BCUT2D eigenvalue weighted by atomic mass is 16.3. The molecule has 2 aromatic rings. The highest BCUT2D eigenvalue weighted by molar-refractivity contribution is 5.90. The maximum Gasteiger partial charge on any atom is 0.343 e. The number of amides is 1. The third kappa shape index (κ3) is 4.30. The predicted molar refractivity (Wildman–Crippen MR) is 102 cm³/mol. The fourth-order valence-corrected chi connectivity index (χ4v) is 3.95. The van der Waals surface area contributed by atoms with E-state index >= 15 is 0 Å². The van der Waals surface area contributed by atoms with Gasteiger partial charge in [0.25, 0.3) is 12.4 Å². The van der Waals surface area contributed by atoms with Crippen molar-refractivity contribution in [1.82, 2.24) is 24.6 Å². The Bertz CT molecular complexity index is 865. The SMILES string of the molecule is Cn1nc(C(=O)N2CCCN(C3Cc4ccccc4C3)CC2)[nH]c1=O.O=CO. The van der Waals surface area contributed by atoms with Crippen molar-refractivity contribution in [3.8, 4) is 0 Å². The molecule has 0 radical (unpaired) electrons. The Kier molecular flexibility index (Phi) is 6.25. The lowest BCUT2D eigenvalue weighted by Gasteiger charge is -2.27. The fraction of sp³-hybridized carbons (Fsp3) is 0.474. The largest absolute Gasteiger partial charge is 0.483 e. The van der Waals surface area contributed by atoms with Crippen molar-refractivity contribution < 1.29 is 14.7 Å². The molecule has 2 aliphatic rings. The number of nitrogens with zero attached hydrogens (tertiary/aromatic N) is 4. The van der Waals surface area contributed by atoms with Crippen LogP contribution >= 0.6 is 0 Å². The smallest absolute Gasteiger partial charge is 0.343 e. The van der Waals surface area contributed by atoms with Gasteiger partial charge in [0.15, 0.2) is 0 Å². The normalized spacial score (nSPS) is 17.4. The molecule has 4 rings (SSSR count). The van der Waals surface area contributed by atoms with Crippen LogP contribution in [0.4, 0.5) is 0 Å². The van der Waals surface area contributed by atoms with Crippen LogP contribution in [0.25, 0.3) is 0 Å². The number of carbonyl (C=O) groups is 2. The molecule has 150 valence electrons. The zero-order chi connectivity index (χ0) is 20.1. The van der Waals surface area contributed by atoms with Gasteiger partial charge in [0.05, 0.1) is 0 Å². The number of benzene rings is 1. The Hall–Kier alpha value is -2.94. The Morgan fingerprint density at radius 1 is 1.18 bits per heavy atom. The van der Waals surface area contributed by atoms with Crippen molar-refractivity contribution in [3.05, 3.63) is 51.7 Å². The van der Waals surface area contributed by atoms with Crippen molar-refractivity contribution in [3.63, 3.8) is 0 Å². The van der Waals surface area contributed by atoms with Gasteiger partial charge >= 0.3 is 5.69 Å².